The van der Waals surface area contributed by atoms with Crippen LogP contribution in [0, 0.1) is 0 Å². The van der Waals surface area contributed by atoms with E-state index in [1.807, 2.05) is 41.8 Å². The number of thiophene rings is 1. The fourth-order valence-electron chi connectivity index (χ4n) is 4.27. The summed E-state index contributed by atoms with van der Waals surface area (Å²) in [6.07, 6.45) is -3.03. The van der Waals surface area contributed by atoms with Gasteiger partial charge in [0.1, 0.15) is 5.82 Å². The summed E-state index contributed by atoms with van der Waals surface area (Å²) in [6, 6.07) is 8.90. The van der Waals surface area contributed by atoms with E-state index in [1.165, 1.54) is 11.3 Å². The highest BCUT2D eigenvalue weighted by atomic mass is 79.9. The Morgan fingerprint density at radius 3 is 2.77 bits per heavy atom. The van der Waals surface area contributed by atoms with Crippen LogP contribution in [0.4, 0.5) is 24.7 Å². The van der Waals surface area contributed by atoms with Gasteiger partial charge in [-0.3, -0.25) is 4.79 Å². The lowest BCUT2D eigenvalue weighted by Gasteiger charge is -2.33. The maximum Gasteiger partial charge on any atom is 0.410 e. The zero-order chi connectivity index (χ0) is 21.8. The molecule has 3 aromatic rings. The topological polar surface area (TPSA) is 50.2 Å². The number of para-hydroxylation sites is 1. The summed E-state index contributed by atoms with van der Waals surface area (Å²) in [7, 11) is 0. The highest BCUT2D eigenvalue weighted by molar-refractivity contribution is 9.10. The number of anilines is 2. The second-order valence-corrected chi connectivity index (χ2v) is 9.42. The second kappa shape index (κ2) is 7.67. The number of nitrogens with one attached hydrogen (secondary N) is 1. The third-order valence-corrected chi connectivity index (χ3v) is 7.48. The third-order valence-electron chi connectivity index (χ3n) is 5.74. The van der Waals surface area contributed by atoms with E-state index in [1.54, 1.807) is 4.90 Å². The quantitative estimate of drug-likeness (QED) is 0.462. The molecule has 0 saturated heterocycles. The molecule has 2 aromatic heterocycles. The first-order chi connectivity index (χ1) is 14.8. The van der Waals surface area contributed by atoms with Crippen molar-refractivity contribution in [2.24, 2.45) is 0 Å². The van der Waals surface area contributed by atoms with Crippen LogP contribution in [0.5, 0.6) is 0 Å². The van der Waals surface area contributed by atoms with E-state index in [2.05, 4.69) is 26.3 Å². The minimum absolute atomic E-state index is 0.0136. The number of carbonyl (C=O) groups excluding carboxylic acids is 1. The van der Waals surface area contributed by atoms with E-state index in [0.717, 1.165) is 33.7 Å². The number of aryl methyl sites for hydroxylation is 1. The van der Waals surface area contributed by atoms with Crippen LogP contribution in [0.15, 0.2) is 46.3 Å². The number of aromatic nitrogens is 2. The molecular formula is C21H18BrF3N4OS. The zero-order valence-electron chi connectivity index (χ0n) is 16.2. The minimum Gasteiger partial charge on any atom is -0.362 e. The molecule has 10 heteroatoms. The molecule has 2 aliphatic rings. The molecule has 0 aliphatic carbocycles. The van der Waals surface area contributed by atoms with E-state index in [-0.39, 0.29) is 22.4 Å². The predicted molar refractivity (Wildman–Crippen MR) is 117 cm³/mol. The number of hydrogen-bond donors (Lipinski definition) is 1. The zero-order valence-corrected chi connectivity index (χ0v) is 18.6. The molecule has 2 aliphatic heterocycles. The molecule has 0 saturated carbocycles. The number of amides is 1. The molecule has 0 fully saturated rings. The van der Waals surface area contributed by atoms with Gasteiger partial charge < -0.3 is 10.2 Å². The van der Waals surface area contributed by atoms with Crippen LogP contribution < -0.4 is 10.2 Å². The van der Waals surface area contributed by atoms with Gasteiger partial charge in [0.15, 0.2) is 11.7 Å². The van der Waals surface area contributed by atoms with Crippen molar-refractivity contribution in [3.8, 4) is 0 Å². The maximum atomic E-state index is 13.9. The molecular weight excluding hydrogens is 493 g/mol. The number of rotatable bonds is 2. The van der Waals surface area contributed by atoms with Crippen molar-refractivity contribution < 1.29 is 18.0 Å². The van der Waals surface area contributed by atoms with Crippen LogP contribution in [0.3, 0.4) is 0 Å². The van der Waals surface area contributed by atoms with Crippen molar-refractivity contribution in [2.45, 2.75) is 37.5 Å². The highest BCUT2D eigenvalue weighted by Gasteiger charge is 2.48. The standard InChI is InChI=1S/C21H18BrF3N4OS/c22-17-18(20(30)28-9-3-6-12-5-1-2-7-14(12)28)27-29-16(21(23,24)25)11-13(26-19(17)29)15-8-4-10-31-15/h1-2,4-5,7-8,10,13,16,26H,3,6,9,11H2/t13-,16-/m0/s1. The van der Waals surface area contributed by atoms with Crippen LogP contribution in [-0.2, 0) is 6.42 Å². The van der Waals surface area contributed by atoms with E-state index in [4.69, 9.17) is 0 Å². The summed E-state index contributed by atoms with van der Waals surface area (Å²) < 4.78 is 43.0. The fourth-order valence-corrected chi connectivity index (χ4v) is 5.61. The minimum atomic E-state index is -4.49. The van der Waals surface area contributed by atoms with E-state index >= 15 is 0 Å². The molecule has 162 valence electrons. The average Bonchev–Trinajstić information content (AvgIpc) is 3.40. The van der Waals surface area contributed by atoms with Crippen molar-refractivity contribution in [3.05, 3.63) is 62.4 Å². The highest BCUT2D eigenvalue weighted by Crippen LogP contribution is 2.47. The van der Waals surface area contributed by atoms with Gasteiger partial charge in [-0.1, -0.05) is 24.3 Å². The van der Waals surface area contributed by atoms with Crippen molar-refractivity contribution in [1.29, 1.82) is 0 Å². The number of benzene rings is 1. The Balaban J connectivity index is 1.56. The van der Waals surface area contributed by atoms with E-state index < -0.39 is 24.2 Å². The molecule has 1 N–H and O–H groups in total. The van der Waals surface area contributed by atoms with Crippen molar-refractivity contribution in [2.75, 3.05) is 16.8 Å². The summed E-state index contributed by atoms with van der Waals surface area (Å²) in [5, 5.41) is 9.16. The Hall–Kier alpha value is -2.33. The number of fused-ring (bicyclic) bond motifs is 2. The van der Waals surface area contributed by atoms with Gasteiger partial charge in [0.25, 0.3) is 5.91 Å². The molecule has 0 unspecified atom stereocenters. The van der Waals surface area contributed by atoms with Crippen molar-refractivity contribution >= 4 is 44.7 Å². The second-order valence-electron chi connectivity index (χ2n) is 7.65. The summed E-state index contributed by atoms with van der Waals surface area (Å²) in [5.74, 6) is -0.225. The first-order valence-corrected chi connectivity index (χ1v) is 11.6. The van der Waals surface area contributed by atoms with Crippen molar-refractivity contribution in [3.63, 3.8) is 0 Å². The van der Waals surface area contributed by atoms with Gasteiger partial charge in [0.2, 0.25) is 0 Å². The monoisotopic (exact) mass is 510 g/mol. The van der Waals surface area contributed by atoms with Gasteiger partial charge in [-0.2, -0.15) is 18.3 Å². The average molecular weight is 511 g/mol. The summed E-state index contributed by atoms with van der Waals surface area (Å²) >= 11 is 4.77. The molecule has 5 rings (SSSR count). The lowest BCUT2D eigenvalue weighted by Crippen LogP contribution is -2.37. The van der Waals surface area contributed by atoms with E-state index in [9.17, 15) is 18.0 Å². The van der Waals surface area contributed by atoms with Gasteiger partial charge in [0.05, 0.1) is 10.5 Å². The summed E-state index contributed by atoms with van der Waals surface area (Å²) in [4.78, 5) is 15.8. The Morgan fingerprint density at radius 1 is 1.23 bits per heavy atom. The van der Waals surface area contributed by atoms with Gasteiger partial charge in [-0.05, 0) is 51.8 Å². The predicted octanol–water partition coefficient (Wildman–Crippen LogP) is 5.96. The summed E-state index contributed by atoms with van der Waals surface area (Å²) in [5.41, 5.74) is 1.82. The molecule has 31 heavy (non-hydrogen) atoms. The van der Waals surface area contributed by atoms with E-state index in [0.29, 0.717) is 6.54 Å². The SMILES string of the molecule is O=C(c1nn2c(c1Br)N[C@H](c1cccs1)C[C@H]2C(F)(F)F)N1CCCc2ccccc21. The molecule has 5 nitrogen and oxygen atoms in total. The normalized spacial score (nSPS) is 20.7. The lowest BCUT2D eigenvalue weighted by atomic mass is 10.0. The van der Waals surface area contributed by atoms with Crippen molar-refractivity contribution in [1.82, 2.24) is 9.78 Å². The largest absolute Gasteiger partial charge is 0.410 e. The Labute approximate surface area is 189 Å². The Morgan fingerprint density at radius 2 is 2.03 bits per heavy atom. The smallest absolute Gasteiger partial charge is 0.362 e. The Kier molecular flexibility index (Phi) is 5.09. The number of alkyl halides is 3. The summed E-state index contributed by atoms with van der Waals surface area (Å²) in [6.45, 7) is 0.498. The molecule has 4 heterocycles. The fraction of sp³-hybridized carbons (Fsp3) is 0.333. The molecule has 1 amide bonds. The van der Waals surface area contributed by atoms with Gasteiger partial charge >= 0.3 is 6.18 Å². The number of nitrogens with zero attached hydrogens (tertiary/aromatic N) is 3. The molecule has 1 aromatic carbocycles. The molecule has 0 bridgehead atoms. The van der Waals surface area contributed by atoms with Crippen LogP contribution in [0.25, 0.3) is 0 Å². The van der Waals surface area contributed by atoms with Gasteiger partial charge in [-0.15, -0.1) is 11.3 Å². The first-order valence-electron chi connectivity index (χ1n) is 9.89. The third kappa shape index (κ3) is 3.55. The van der Waals surface area contributed by atoms with Crippen LogP contribution >= 0.6 is 27.3 Å². The number of hydrogen-bond acceptors (Lipinski definition) is 4. The lowest BCUT2D eigenvalue weighted by molar-refractivity contribution is -0.173. The van der Waals surface area contributed by atoms with Gasteiger partial charge in [-0.25, -0.2) is 4.68 Å². The molecule has 0 radical (unpaired) electrons. The number of carbonyl (C=O) groups is 1. The van der Waals surface area contributed by atoms with Gasteiger partial charge in [0, 0.05) is 23.5 Å². The maximum absolute atomic E-state index is 13.9. The van der Waals surface area contributed by atoms with Crippen LogP contribution in [-0.4, -0.2) is 28.4 Å². The first kappa shape index (κ1) is 20.6. The van der Waals surface area contributed by atoms with Crippen LogP contribution in [0.2, 0.25) is 0 Å². The Bertz CT molecular complexity index is 1130. The number of halogens is 4. The van der Waals surface area contributed by atoms with Crippen LogP contribution in [0.1, 0.15) is 45.9 Å². The molecule has 2 atom stereocenters. The molecule has 0 spiro atoms.